The van der Waals surface area contributed by atoms with Gasteiger partial charge in [-0.05, 0) is 48.9 Å². The van der Waals surface area contributed by atoms with Crippen molar-refractivity contribution in [3.05, 3.63) is 59.0 Å². The smallest absolute Gasteiger partial charge is 0.378 e. The lowest BCUT2D eigenvalue weighted by molar-refractivity contribution is -0.136. The number of amides is 1. The molecule has 0 unspecified atom stereocenters. The van der Waals surface area contributed by atoms with E-state index in [1.807, 2.05) is 4.90 Å². The van der Waals surface area contributed by atoms with Crippen molar-refractivity contribution >= 4 is 28.2 Å². The largest absolute Gasteiger partial charge is 0.418 e. The number of hydrogen-bond acceptors (Lipinski definition) is 3. The summed E-state index contributed by atoms with van der Waals surface area (Å²) in [4.78, 5) is 17.5. The van der Waals surface area contributed by atoms with Crippen LogP contribution in [0.2, 0.25) is 0 Å². The van der Waals surface area contributed by atoms with Crippen LogP contribution in [-0.2, 0) is 22.1 Å². The summed E-state index contributed by atoms with van der Waals surface area (Å²) >= 11 is 0. The van der Waals surface area contributed by atoms with E-state index in [0.717, 1.165) is 6.07 Å². The number of rotatable bonds is 4. The van der Waals surface area contributed by atoms with Crippen LogP contribution in [0.25, 0.3) is 10.9 Å². The number of halogens is 4. The van der Waals surface area contributed by atoms with Crippen molar-refractivity contribution in [3.63, 3.8) is 0 Å². The first-order chi connectivity index (χ1) is 14.7. The number of fused-ring (bicyclic) bond motifs is 1. The predicted molar refractivity (Wildman–Crippen MR) is 110 cm³/mol. The van der Waals surface area contributed by atoms with Gasteiger partial charge in [0, 0.05) is 35.4 Å². The fourth-order valence-corrected chi connectivity index (χ4v) is 3.83. The van der Waals surface area contributed by atoms with Gasteiger partial charge in [-0.3, -0.25) is 4.79 Å². The lowest BCUT2D eigenvalue weighted by Gasteiger charge is -2.29. The number of ether oxygens (including phenoxy) is 1. The predicted octanol–water partition coefficient (Wildman–Crippen LogP) is 4.65. The first kappa shape index (κ1) is 21.2. The number of aromatic amines is 1. The second kappa shape index (κ2) is 8.22. The molecule has 1 aromatic heterocycles. The molecule has 0 radical (unpaired) electrons. The molecule has 0 aliphatic carbocycles. The Bertz CT molecular complexity index is 1120. The molecule has 1 amide bonds. The molecular weight excluding hydrogens is 414 g/mol. The summed E-state index contributed by atoms with van der Waals surface area (Å²) in [5, 5.41) is 2.92. The van der Waals surface area contributed by atoms with Gasteiger partial charge in [-0.2, -0.15) is 13.2 Å². The molecule has 2 heterocycles. The summed E-state index contributed by atoms with van der Waals surface area (Å²) < 4.78 is 60.0. The maximum Gasteiger partial charge on any atom is 0.418 e. The zero-order valence-corrected chi connectivity index (χ0v) is 16.8. The Labute approximate surface area is 176 Å². The van der Waals surface area contributed by atoms with Crippen LogP contribution in [-0.4, -0.2) is 37.2 Å². The molecule has 3 aromatic rings. The van der Waals surface area contributed by atoms with Gasteiger partial charge in [-0.1, -0.05) is 0 Å². The van der Waals surface area contributed by atoms with Gasteiger partial charge in [-0.25, -0.2) is 4.39 Å². The molecule has 9 heteroatoms. The molecular formula is C22H21F4N3O2. The minimum atomic E-state index is -4.63. The monoisotopic (exact) mass is 435 g/mol. The summed E-state index contributed by atoms with van der Waals surface area (Å²) in [6.45, 7) is 3.63. The van der Waals surface area contributed by atoms with E-state index in [9.17, 15) is 22.4 Å². The van der Waals surface area contributed by atoms with Gasteiger partial charge in [-0.15, -0.1) is 0 Å². The Hall–Kier alpha value is -3.07. The van der Waals surface area contributed by atoms with Gasteiger partial charge in [0.2, 0.25) is 5.91 Å². The fraction of sp³-hybridized carbons (Fsp3) is 0.318. The highest BCUT2D eigenvalue weighted by Gasteiger charge is 2.35. The van der Waals surface area contributed by atoms with E-state index in [4.69, 9.17) is 4.74 Å². The molecule has 0 atom stereocenters. The Morgan fingerprint density at radius 3 is 2.61 bits per heavy atom. The third kappa shape index (κ3) is 4.51. The van der Waals surface area contributed by atoms with Gasteiger partial charge in [0.25, 0.3) is 0 Å². The van der Waals surface area contributed by atoms with Crippen molar-refractivity contribution in [1.29, 1.82) is 0 Å². The molecule has 164 valence electrons. The quantitative estimate of drug-likeness (QED) is 0.587. The molecule has 1 aliphatic rings. The highest BCUT2D eigenvalue weighted by molar-refractivity contribution is 5.97. The number of aryl methyl sites for hydroxylation is 1. The van der Waals surface area contributed by atoms with Gasteiger partial charge < -0.3 is 19.9 Å². The molecule has 0 spiro atoms. The van der Waals surface area contributed by atoms with Crippen LogP contribution in [0.15, 0.2) is 36.4 Å². The number of nitrogens with one attached hydrogen (secondary N) is 2. The van der Waals surface area contributed by atoms with E-state index < -0.39 is 23.5 Å². The molecule has 1 saturated heterocycles. The van der Waals surface area contributed by atoms with Gasteiger partial charge in [0.1, 0.15) is 5.82 Å². The number of alkyl halides is 3. The summed E-state index contributed by atoms with van der Waals surface area (Å²) in [5.41, 5.74) is 1.08. The van der Waals surface area contributed by atoms with Crippen molar-refractivity contribution in [2.24, 2.45) is 0 Å². The van der Waals surface area contributed by atoms with E-state index in [-0.39, 0.29) is 12.1 Å². The van der Waals surface area contributed by atoms with Crippen LogP contribution < -0.4 is 10.2 Å². The van der Waals surface area contributed by atoms with Crippen LogP contribution in [0.3, 0.4) is 0 Å². The highest BCUT2D eigenvalue weighted by atomic mass is 19.4. The van der Waals surface area contributed by atoms with Crippen LogP contribution in [0.5, 0.6) is 0 Å². The molecule has 0 bridgehead atoms. The molecule has 0 saturated carbocycles. The second-order valence-electron chi connectivity index (χ2n) is 7.47. The van der Waals surface area contributed by atoms with E-state index in [1.54, 1.807) is 19.1 Å². The average molecular weight is 435 g/mol. The maximum atomic E-state index is 13.7. The minimum Gasteiger partial charge on any atom is -0.378 e. The topological polar surface area (TPSA) is 57.4 Å². The highest BCUT2D eigenvalue weighted by Crippen LogP contribution is 2.37. The minimum absolute atomic E-state index is 0.183. The Kier molecular flexibility index (Phi) is 5.62. The Morgan fingerprint density at radius 1 is 1.16 bits per heavy atom. The number of H-pyrrole nitrogens is 1. The zero-order chi connectivity index (χ0) is 22.2. The number of hydrogen-bond donors (Lipinski definition) is 2. The summed E-state index contributed by atoms with van der Waals surface area (Å²) in [7, 11) is 0. The zero-order valence-electron chi connectivity index (χ0n) is 16.8. The molecule has 2 aromatic carbocycles. The first-order valence-electron chi connectivity index (χ1n) is 9.83. The van der Waals surface area contributed by atoms with Crippen molar-refractivity contribution in [1.82, 2.24) is 4.98 Å². The third-order valence-electron chi connectivity index (χ3n) is 5.38. The Morgan fingerprint density at radius 2 is 1.90 bits per heavy atom. The van der Waals surface area contributed by atoms with Gasteiger partial charge >= 0.3 is 6.18 Å². The molecule has 1 aliphatic heterocycles. The third-order valence-corrected chi connectivity index (χ3v) is 5.38. The fourth-order valence-electron chi connectivity index (χ4n) is 3.83. The number of benzene rings is 2. The molecule has 5 nitrogen and oxygen atoms in total. The van der Waals surface area contributed by atoms with E-state index in [1.165, 1.54) is 18.2 Å². The number of carbonyl (C=O) groups excluding carboxylic acids is 1. The lowest BCUT2D eigenvalue weighted by atomic mass is 10.1. The summed E-state index contributed by atoms with van der Waals surface area (Å²) in [6.07, 6.45) is -4.82. The lowest BCUT2D eigenvalue weighted by Crippen LogP contribution is -2.36. The van der Waals surface area contributed by atoms with Crippen molar-refractivity contribution < 1.29 is 27.1 Å². The first-order valence-corrected chi connectivity index (χ1v) is 9.83. The maximum absolute atomic E-state index is 13.7. The van der Waals surface area contributed by atoms with Crippen LogP contribution >= 0.6 is 0 Å². The molecule has 4 rings (SSSR count). The van der Waals surface area contributed by atoms with Crippen molar-refractivity contribution in [2.45, 2.75) is 19.5 Å². The van der Waals surface area contributed by atoms with Crippen LogP contribution in [0, 0.1) is 12.7 Å². The molecule has 31 heavy (non-hydrogen) atoms. The SMILES string of the molecule is Cc1[nH]c2ccc(F)cc2c1CC(=O)Nc1ccc(N2CCOCC2)cc1C(F)(F)F. The molecule has 1 fully saturated rings. The van der Waals surface area contributed by atoms with Crippen molar-refractivity contribution in [3.8, 4) is 0 Å². The standard InChI is InChI=1S/C22H21F4N3O2/c1-13-16(17-10-14(23)2-4-19(17)27-13)12-21(30)28-20-5-3-15(11-18(20)22(24,25)26)29-6-8-31-9-7-29/h2-5,10-11,27H,6-9,12H2,1H3,(H,28,30). The van der Waals surface area contributed by atoms with E-state index >= 15 is 0 Å². The average Bonchev–Trinajstić information content (AvgIpc) is 3.02. The van der Waals surface area contributed by atoms with Crippen molar-refractivity contribution in [2.75, 3.05) is 36.5 Å². The number of nitrogens with zero attached hydrogens (tertiary/aromatic N) is 1. The van der Waals surface area contributed by atoms with Crippen LogP contribution in [0.1, 0.15) is 16.8 Å². The number of aromatic nitrogens is 1. The van der Waals surface area contributed by atoms with Gasteiger partial charge in [0.15, 0.2) is 0 Å². The number of carbonyl (C=O) groups is 1. The number of anilines is 2. The normalized spacial score (nSPS) is 14.8. The second-order valence-corrected chi connectivity index (χ2v) is 7.47. The van der Waals surface area contributed by atoms with E-state index in [2.05, 4.69) is 10.3 Å². The molecule has 2 N–H and O–H groups in total. The summed E-state index contributed by atoms with van der Waals surface area (Å²) in [6, 6.07) is 8.04. The Balaban J connectivity index is 1.59. The van der Waals surface area contributed by atoms with Crippen LogP contribution in [0.4, 0.5) is 28.9 Å². The summed E-state index contributed by atoms with van der Waals surface area (Å²) in [5.74, 6) is -1.07. The van der Waals surface area contributed by atoms with E-state index in [0.29, 0.717) is 54.2 Å². The van der Waals surface area contributed by atoms with Gasteiger partial charge in [0.05, 0.1) is 30.9 Å². The number of morpholine rings is 1.